The van der Waals surface area contributed by atoms with E-state index in [1.165, 1.54) is 31.2 Å². The summed E-state index contributed by atoms with van der Waals surface area (Å²) in [6.07, 6.45) is -0.939. The van der Waals surface area contributed by atoms with Gasteiger partial charge in [0.15, 0.2) is 0 Å². The van der Waals surface area contributed by atoms with Crippen LogP contribution in [0.4, 0.5) is 8.78 Å². The number of aromatic carboxylic acids is 1. The number of rotatable bonds is 5. The lowest BCUT2D eigenvalue weighted by Gasteiger charge is -2.33. The molecule has 1 saturated carbocycles. The molecule has 1 N–H and O–H groups in total. The third-order valence-electron chi connectivity index (χ3n) is 4.34. The van der Waals surface area contributed by atoms with Crippen molar-refractivity contribution < 1.29 is 28.3 Å². The topological polar surface area (TPSA) is 71.4 Å². The van der Waals surface area contributed by atoms with Crippen molar-refractivity contribution in [1.82, 2.24) is 0 Å². The quantitative estimate of drug-likeness (QED) is 0.903. The lowest BCUT2D eigenvalue weighted by atomic mass is 9.72. The number of Topliss-reactive ketones (excluding diaryl/α,β-unsaturated/α-hetero) is 2. The van der Waals surface area contributed by atoms with Gasteiger partial charge in [0.25, 0.3) is 0 Å². The van der Waals surface area contributed by atoms with E-state index >= 15 is 0 Å². The third-order valence-corrected chi connectivity index (χ3v) is 4.34. The molecular weight excluding hydrogens is 306 g/mol. The number of alkyl halides is 2. The highest BCUT2D eigenvalue weighted by Gasteiger charge is 2.45. The zero-order valence-electron chi connectivity index (χ0n) is 12.7. The Morgan fingerprint density at radius 3 is 2.30 bits per heavy atom. The first kappa shape index (κ1) is 17.2. The van der Waals surface area contributed by atoms with Crippen LogP contribution < -0.4 is 0 Å². The first-order chi connectivity index (χ1) is 10.7. The summed E-state index contributed by atoms with van der Waals surface area (Å²) < 4.78 is 27.0. The van der Waals surface area contributed by atoms with E-state index < -0.39 is 30.1 Å². The average Bonchev–Trinajstić information content (AvgIpc) is 2.46. The molecule has 0 bridgehead atoms. The molecule has 23 heavy (non-hydrogen) atoms. The molecule has 124 valence electrons. The lowest BCUT2D eigenvalue weighted by molar-refractivity contribution is -0.141. The van der Waals surface area contributed by atoms with Crippen molar-refractivity contribution in [2.24, 2.45) is 11.8 Å². The molecule has 1 aromatic rings. The molecule has 2 rings (SSSR count). The second kappa shape index (κ2) is 6.56. The van der Waals surface area contributed by atoms with E-state index in [1.807, 2.05) is 0 Å². The van der Waals surface area contributed by atoms with E-state index in [9.17, 15) is 23.2 Å². The van der Waals surface area contributed by atoms with Gasteiger partial charge in [-0.05, 0) is 31.0 Å². The zero-order chi connectivity index (χ0) is 17.2. The van der Waals surface area contributed by atoms with Crippen LogP contribution in [-0.2, 0) is 16.0 Å². The Bertz CT molecular complexity index is 622. The van der Waals surface area contributed by atoms with E-state index in [-0.39, 0.29) is 36.4 Å². The molecule has 4 nitrogen and oxygen atoms in total. The summed E-state index contributed by atoms with van der Waals surface area (Å²) in [5, 5.41) is 8.83. The smallest absolute Gasteiger partial charge is 0.335 e. The number of hydrogen-bond donors (Lipinski definition) is 1. The molecule has 0 amide bonds. The maximum absolute atomic E-state index is 13.5. The molecule has 2 atom stereocenters. The monoisotopic (exact) mass is 324 g/mol. The lowest BCUT2D eigenvalue weighted by Crippen LogP contribution is -2.40. The summed E-state index contributed by atoms with van der Waals surface area (Å²) in [5.41, 5.74) is 0.722. The van der Waals surface area contributed by atoms with Gasteiger partial charge < -0.3 is 5.11 Å². The predicted molar refractivity (Wildman–Crippen MR) is 78.6 cm³/mol. The van der Waals surface area contributed by atoms with Crippen LogP contribution in [-0.4, -0.2) is 28.6 Å². The molecule has 0 aromatic heterocycles. The number of benzene rings is 1. The fourth-order valence-electron chi connectivity index (χ4n) is 3.04. The normalized spacial score (nSPS) is 23.3. The van der Waals surface area contributed by atoms with Gasteiger partial charge in [0.1, 0.15) is 11.6 Å². The summed E-state index contributed by atoms with van der Waals surface area (Å²) in [6, 6.07) is 5.84. The highest BCUT2D eigenvalue weighted by atomic mass is 19.3. The number of carbonyl (C=O) groups excluding carboxylic acids is 2. The van der Waals surface area contributed by atoms with E-state index in [1.54, 1.807) is 0 Å². The number of ketones is 2. The molecule has 0 radical (unpaired) electrons. The van der Waals surface area contributed by atoms with Gasteiger partial charge >= 0.3 is 5.97 Å². The fourth-order valence-corrected chi connectivity index (χ4v) is 3.04. The minimum atomic E-state index is -2.89. The number of carboxylic acid groups (broad SMARTS) is 1. The highest BCUT2D eigenvalue weighted by molar-refractivity contribution is 5.91. The standard InChI is InChI=1S/C17H18F2O4/c1-10(20)14-9-17(18,19)7-6-13(14)15(21)8-11-2-4-12(5-3-11)16(22)23/h2-5,13-14H,6-9H2,1H3,(H,22,23)/t13-,14-/m1/s1. The Labute approximate surface area is 132 Å². The number of hydrogen-bond acceptors (Lipinski definition) is 3. The van der Waals surface area contributed by atoms with E-state index in [4.69, 9.17) is 5.11 Å². The van der Waals surface area contributed by atoms with Crippen LogP contribution in [0.5, 0.6) is 0 Å². The average molecular weight is 324 g/mol. The molecule has 0 aliphatic heterocycles. The van der Waals surface area contributed by atoms with Crippen molar-refractivity contribution >= 4 is 17.5 Å². The Morgan fingerprint density at radius 2 is 1.78 bits per heavy atom. The minimum absolute atomic E-state index is 0.00326. The van der Waals surface area contributed by atoms with Gasteiger partial charge in [-0.25, -0.2) is 13.6 Å². The van der Waals surface area contributed by atoms with Crippen LogP contribution in [0.15, 0.2) is 24.3 Å². The van der Waals surface area contributed by atoms with Crippen molar-refractivity contribution in [3.8, 4) is 0 Å². The molecule has 1 aromatic carbocycles. The molecule has 6 heteroatoms. The summed E-state index contributed by atoms with van der Waals surface area (Å²) in [6.45, 7) is 1.24. The van der Waals surface area contributed by atoms with Crippen molar-refractivity contribution in [3.63, 3.8) is 0 Å². The second-order valence-electron chi connectivity index (χ2n) is 6.07. The van der Waals surface area contributed by atoms with Crippen LogP contribution in [0.25, 0.3) is 0 Å². The summed E-state index contributed by atoms with van der Waals surface area (Å²) >= 11 is 0. The Kier molecular flexibility index (Phi) is 4.92. The van der Waals surface area contributed by atoms with Crippen LogP contribution >= 0.6 is 0 Å². The summed E-state index contributed by atoms with van der Waals surface area (Å²) in [4.78, 5) is 34.8. The second-order valence-corrected chi connectivity index (χ2v) is 6.07. The molecule has 0 saturated heterocycles. The van der Waals surface area contributed by atoms with Crippen LogP contribution in [0.2, 0.25) is 0 Å². The maximum Gasteiger partial charge on any atom is 0.335 e. The van der Waals surface area contributed by atoms with Crippen molar-refractivity contribution in [2.45, 2.75) is 38.5 Å². The predicted octanol–water partition coefficient (Wildman–Crippen LogP) is 3.14. The Hall–Kier alpha value is -2.11. The van der Waals surface area contributed by atoms with Crippen LogP contribution in [0.1, 0.15) is 42.1 Å². The Morgan fingerprint density at radius 1 is 1.17 bits per heavy atom. The molecule has 0 unspecified atom stereocenters. The first-order valence-electron chi connectivity index (χ1n) is 7.43. The van der Waals surface area contributed by atoms with E-state index in [0.29, 0.717) is 5.56 Å². The van der Waals surface area contributed by atoms with Crippen LogP contribution in [0.3, 0.4) is 0 Å². The van der Waals surface area contributed by atoms with Gasteiger partial charge in [0.05, 0.1) is 5.56 Å². The summed E-state index contributed by atoms with van der Waals surface area (Å²) in [7, 11) is 0. The Balaban J connectivity index is 2.09. The third kappa shape index (κ3) is 4.21. The van der Waals surface area contributed by atoms with Gasteiger partial charge in [-0.15, -0.1) is 0 Å². The molecule has 1 aliphatic rings. The summed E-state index contributed by atoms with van der Waals surface area (Å²) in [5.74, 6) is -6.21. The number of carbonyl (C=O) groups is 3. The van der Waals surface area contributed by atoms with Crippen molar-refractivity contribution in [3.05, 3.63) is 35.4 Å². The fraction of sp³-hybridized carbons (Fsp3) is 0.471. The van der Waals surface area contributed by atoms with Crippen molar-refractivity contribution in [1.29, 1.82) is 0 Å². The number of halogens is 2. The molecule has 0 spiro atoms. The van der Waals surface area contributed by atoms with Gasteiger partial charge in [0.2, 0.25) is 5.92 Å². The van der Waals surface area contributed by atoms with Crippen LogP contribution in [0, 0.1) is 11.8 Å². The van der Waals surface area contributed by atoms with Gasteiger partial charge in [-0.1, -0.05) is 12.1 Å². The SMILES string of the molecule is CC(=O)[C@H]1CC(F)(F)CC[C@H]1C(=O)Cc1ccc(C(=O)O)cc1. The first-order valence-corrected chi connectivity index (χ1v) is 7.43. The molecule has 0 heterocycles. The molecule has 1 fully saturated rings. The largest absolute Gasteiger partial charge is 0.478 e. The van der Waals surface area contributed by atoms with Gasteiger partial charge in [-0.2, -0.15) is 0 Å². The zero-order valence-corrected chi connectivity index (χ0v) is 12.7. The number of carboxylic acids is 1. The van der Waals surface area contributed by atoms with Crippen molar-refractivity contribution in [2.75, 3.05) is 0 Å². The van der Waals surface area contributed by atoms with E-state index in [0.717, 1.165) is 0 Å². The molecule has 1 aliphatic carbocycles. The maximum atomic E-state index is 13.5. The van der Waals surface area contributed by atoms with Gasteiger partial charge in [0, 0.05) is 31.1 Å². The minimum Gasteiger partial charge on any atom is -0.478 e. The van der Waals surface area contributed by atoms with E-state index in [2.05, 4.69) is 0 Å². The van der Waals surface area contributed by atoms with Gasteiger partial charge in [-0.3, -0.25) is 9.59 Å². The highest BCUT2D eigenvalue weighted by Crippen LogP contribution is 2.41. The molecular formula is C17H18F2O4.